The van der Waals surface area contributed by atoms with Crippen molar-refractivity contribution in [3.63, 3.8) is 0 Å². The molecule has 30 heavy (non-hydrogen) atoms. The van der Waals surface area contributed by atoms with Crippen molar-refractivity contribution in [3.05, 3.63) is 35.9 Å². The molecule has 1 fully saturated rings. The summed E-state index contributed by atoms with van der Waals surface area (Å²) in [6, 6.07) is 9.89. The molecule has 0 spiro atoms. The largest absolute Gasteiger partial charge is 0.346 e. The van der Waals surface area contributed by atoms with Crippen LogP contribution in [-0.4, -0.2) is 85.4 Å². The van der Waals surface area contributed by atoms with E-state index in [9.17, 15) is 9.59 Å². The summed E-state index contributed by atoms with van der Waals surface area (Å²) in [5.41, 5.74) is 7.12. The lowest BCUT2D eigenvalue weighted by atomic mass is 10.1. The van der Waals surface area contributed by atoms with Crippen LogP contribution in [0.25, 0.3) is 0 Å². The van der Waals surface area contributed by atoms with E-state index in [1.165, 1.54) is 5.56 Å². The van der Waals surface area contributed by atoms with Crippen molar-refractivity contribution in [2.45, 2.75) is 26.4 Å². The molecule has 1 aliphatic rings. The van der Waals surface area contributed by atoms with Gasteiger partial charge in [0, 0.05) is 45.8 Å². The second-order valence-corrected chi connectivity index (χ2v) is 7.93. The molecule has 2 amide bonds. The minimum atomic E-state index is -0.572. The van der Waals surface area contributed by atoms with Crippen LogP contribution in [-0.2, 0) is 16.1 Å². The number of hydrogen-bond acceptors (Lipinski definition) is 5. The number of likely N-dealkylation sites (N-methyl/N-ethyl adjacent to an activating group) is 1. The molecule has 1 atom stereocenters. The fraction of sp³-hybridized carbons (Fsp3) is 0.619. The van der Waals surface area contributed by atoms with E-state index in [4.69, 9.17) is 5.73 Å². The van der Waals surface area contributed by atoms with Gasteiger partial charge in [-0.2, -0.15) is 0 Å². The van der Waals surface area contributed by atoms with Crippen LogP contribution < -0.4 is 11.1 Å². The predicted octanol–water partition coefficient (Wildman–Crippen LogP) is 1.21. The Hall–Kier alpha value is -1.38. The summed E-state index contributed by atoms with van der Waals surface area (Å²) in [4.78, 5) is 30.7. The van der Waals surface area contributed by atoms with Gasteiger partial charge in [-0.15, -0.1) is 24.8 Å². The number of nitrogens with zero attached hydrogens (tertiary/aromatic N) is 3. The number of hydrogen-bond donors (Lipinski definition) is 2. The maximum Gasteiger partial charge on any atom is 0.242 e. The first-order valence-corrected chi connectivity index (χ1v) is 10.1. The summed E-state index contributed by atoms with van der Waals surface area (Å²) < 4.78 is 0. The van der Waals surface area contributed by atoms with Gasteiger partial charge in [-0.3, -0.25) is 14.5 Å². The summed E-state index contributed by atoms with van der Waals surface area (Å²) in [6.07, 6.45) is 0. The monoisotopic (exact) mass is 461 g/mol. The highest BCUT2D eigenvalue weighted by atomic mass is 35.5. The Bertz CT molecular complexity index is 625. The number of amides is 2. The summed E-state index contributed by atoms with van der Waals surface area (Å²) >= 11 is 0. The Labute approximate surface area is 193 Å². The number of halogens is 2. The quantitative estimate of drug-likeness (QED) is 0.577. The second-order valence-electron chi connectivity index (χ2n) is 7.93. The first-order valence-electron chi connectivity index (χ1n) is 10.1. The number of carbonyl (C=O) groups is 2. The highest BCUT2D eigenvalue weighted by Gasteiger charge is 2.23. The lowest BCUT2D eigenvalue weighted by Crippen LogP contribution is -2.53. The molecular formula is C21H37Cl2N5O2. The molecule has 0 aliphatic carbocycles. The number of nitrogens with two attached hydrogens (primary N) is 1. The summed E-state index contributed by atoms with van der Waals surface area (Å²) in [6.45, 7) is 9.87. The average Bonchev–Trinajstić information content (AvgIpc) is 2.70. The van der Waals surface area contributed by atoms with Crippen LogP contribution in [0.4, 0.5) is 0 Å². The predicted molar refractivity (Wildman–Crippen MR) is 126 cm³/mol. The Kier molecular flexibility index (Phi) is 13.9. The molecule has 1 heterocycles. The molecule has 7 nitrogen and oxygen atoms in total. The van der Waals surface area contributed by atoms with Crippen molar-refractivity contribution in [1.82, 2.24) is 20.0 Å². The topological polar surface area (TPSA) is 81.9 Å². The molecule has 1 aromatic carbocycles. The summed E-state index contributed by atoms with van der Waals surface area (Å²) in [7, 11) is 2.14. The highest BCUT2D eigenvalue weighted by Crippen LogP contribution is 2.05. The van der Waals surface area contributed by atoms with Gasteiger partial charge in [-0.25, -0.2) is 0 Å². The molecule has 172 valence electrons. The molecule has 1 saturated heterocycles. The van der Waals surface area contributed by atoms with Gasteiger partial charge in [0.1, 0.15) is 0 Å². The molecule has 0 unspecified atom stereocenters. The standard InChI is InChI=1S/C21H35N5O2.2ClH/c1-17(2)20(22)21(28)23-15-19(27)26-13-11-25(12-14-26)10-9-24(3)16-18-7-5-4-6-8-18;;/h4-8,17,20H,9-16,22H2,1-3H3,(H,23,28);2*1H/t20-;;/m0../s1. The summed E-state index contributed by atoms with van der Waals surface area (Å²) in [5.74, 6) is -0.243. The lowest BCUT2D eigenvalue weighted by molar-refractivity contribution is -0.134. The van der Waals surface area contributed by atoms with Gasteiger partial charge in [0.25, 0.3) is 0 Å². The molecule has 0 bridgehead atoms. The Balaban J connectivity index is 0.00000420. The second kappa shape index (κ2) is 14.6. The van der Waals surface area contributed by atoms with Crippen molar-refractivity contribution in [2.24, 2.45) is 11.7 Å². The van der Waals surface area contributed by atoms with Crippen LogP contribution >= 0.6 is 24.8 Å². The average molecular weight is 462 g/mol. The van der Waals surface area contributed by atoms with Crippen molar-refractivity contribution in [3.8, 4) is 0 Å². The zero-order valence-corrected chi connectivity index (χ0v) is 19.9. The van der Waals surface area contributed by atoms with Crippen LogP contribution in [0.2, 0.25) is 0 Å². The van der Waals surface area contributed by atoms with Gasteiger partial charge in [0.05, 0.1) is 12.6 Å². The Morgan fingerprint density at radius 1 is 1.10 bits per heavy atom. The normalized spacial score (nSPS) is 15.3. The van der Waals surface area contributed by atoms with Crippen LogP contribution in [0.15, 0.2) is 30.3 Å². The van der Waals surface area contributed by atoms with Gasteiger partial charge >= 0.3 is 0 Å². The van der Waals surface area contributed by atoms with E-state index in [-0.39, 0.29) is 49.1 Å². The van der Waals surface area contributed by atoms with E-state index in [2.05, 4.69) is 46.4 Å². The SMILES string of the molecule is CC(C)[C@H](N)C(=O)NCC(=O)N1CCN(CCN(C)Cc2ccccc2)CC1.Cl.Cl. The molecule has 0 saturated carbocycles. The third-order valence-corrected chi connectivity index (χ3v) is 5.25. The minimum absolute atomic E-state index is 0. The first kappa shape index (κ1) is 28.6. The zero-order chi connectivity index (χ0) is 20.5. The van der Waals surface area contributed by atoms with Gasteiger partial charge in [-0.05, 0) is 18.5 Å². The molecule has 2 rings (SSSR count). The lowest BCUT2D eigenvalue weighted by Gasteiger charge is -2.35. The molecule has 0 radical (unpaired) electrons. The van der Waals surface area contributed by atoms with E-state index in [1.54, 1.807) is 0 Å². The van der Waals surface area contributed by atoms with Crippen LogP contribution in [0.3, 0.4) is 0 Å². The first-order chi connectivity index (χ1) is 13.4. The van der Waals surface area contributed by atoms with Crippen LogP contribution in [0, 0.1) is 5.92 Å². The van der Waals surface area contributed by atoms with Crippen molar-refractivity contribution >= 4 is 36.6 Å². The molecule has 9 heteroatoms. The summed E-state index contributed by atoms with van der Waals surface area (Å²) in [5, 5.41) is 2.66. The smallest absolute Gasteiger partial charge is 0.242 e. The van der Waals surface area contributed by atoms with E-state index >= 15 is 0 Å². The van der Waals surface area contributed by atoms with Crippen molar-refractivity contribution in [2.75, 3.05) is 52.9 Å². The minimum Gasteiger partial charge on any atom is -0.346 e. The fourth-order valence-electron chi connectivity index (χ4n) is 3.20. The number of nitrogens with one attached hydrogen (secondary N) is 1. The molecule has 1 aromatic rings. The van der Waals surface area contributed by atoms with Crippen LogP contribution in [0.5, 0.6) is 0 Å². The Morgan fingerprint density at radius 3 is 2.27 bits per heavy atom. The third kappa shape index (κ3) is 9.62. The van der Waals surface area contributed by atoms with E-state index in [1.807, 2.05) is 24.8 Å². The van der Waals surface area contributed by atoms with Gasteiger partial charge < -0.3 is 20.9 Å². The van der Waals surface area contributed by atoms with Gasteiger partial charge in [0.15, 0.2) is 0 Å². The number of rotatable bonds is 9. The van der Waals surface area contributed by atoms with E-state index < -0.39 is 6.04 Å². The fourth-order valence-corrected chi connectivity index (χ4v) is 3.20. The maximum atomic E-state index is 12.3. The van der Waals surface area contributed by atoms with Gasteiger partial charge in [-0.1, -0.05) is 44.2 Å². The van der Waals surface area contributed by atoms with Crippen LogP contribution in [0.1, 0.15) is 19.4 Å². The number of carbonyl (C=O) groups excluding carboxylic acids is 2. The highest BCUT2D eigenvalue weighted by molar-refractivity contribution is 5.87. The molecule has 1 aliphatic heterocycles. The van der Waals surface area contributed by atoms with Crippen molar-refractivity contribution < 1.29 is 9.59 Å². The van der Waals surface area contributed by atoms with Crippen molar-refractivity contribution in [1.29, 1.82) is 0 Å². The number of piperazine rings is 1. The molecule has 3 N–H and O–H groups in total. The molecule has 0 aromatic heterocycles. The zero-order valence-electron chi connectivity index (χ0n) is 18.3. The third-order valence-electron chi connectivity index (χ3n) is 5.25. The van der Waals surface area contributed by atoms with Gasteiger partial charge in [0.2, 0.25) is 11.8 Å². The van der Waals surface area contributed by atoms with E-state index in [0.29, 0.717) is 13.1 Å². The molecular weight excluding hydrogens is 425 g/mol. The Morgan fingerprint density at radius 2 is 1.70 bits per heavy atom. The van der Waals surface area contributed by atoms with E-state index in [0.717, 1.165) is 32.7 Å². The number of benzene rings is 1. The maximum absolute atomic E-state index is 12.3.